The molecule has 2 aromatic rings. The third kappa shape index (κ3) is 2.15. The van der Waals surface area contributed by atoms with Gasteiger partial charge in [-0.1, -0.05) is 0 Å². The van der Waals surface area contributed by atoms with Crippen molar-refractivity contribution in [3.63, 3.8) is 0 Å². The maximum Gasteiger partial charge on any atom is 0.405 e. The third-order valence-electron chi connectivity index (χ3n) is 1.85. The van der Waals surface area contributed by atoms with Crippen molar-refractivity contribution in [2.45, 2.75) is 6.18 Å². The summed E-state index contributed by atoms with van der Waals surface area (Å²) in [6.45, 7) is -1.17. The molecule has 0 aromatic carbocycles. The van der Waals surface area contributed by atoms with Crippen LogP contribution in [0.5, 0.6) is 0 Å². The average Bonchev–Trinajstić information content (AvgIpc) is 2.60. The van der Waals surface area contributed by atoms with Gasteiger partial charge in [0.2, 0.25) is 0 Å². The Labute approximate surface area is 88.1 Å². The number of hydrogen-bond donors (Lipinski definition) is 2. The molecule has 2 aromatic heterocycles. The van der Waals surface area contributed by atoms with E-state index in [-0.39, 0.29) is 11.6 Å². The topological polar surface area (TPSA) is 68.2 Å². The van der Waals surface area contributed by atoms with Gasteiger partial charge in [-0.15, -0.1) is 0 Å². The zero-order chi connectivity index (χ0) is 11.8. The monoisotopic (exact) mass is 231 g/mol. The summed E-state index contributed by atoms with van der Waals surface area (Å²) >= 11 is 0. The van der Waals surface area contributed by atoms with Gasteiger partial charge in [0.05, 0.1) is 6.20 Å². The minimum atomic E-state index is -4.31. The quantitative estimate of drug-likeness (QED) is 0.817. The van der Waals surface area contributed by atoms with Gasteiger partial charge in [-0.05, 0) is 0 Å². The Morgan fingerprint density at radius 1 is 1.44 bits per heavy atom. The van der Waals surface area contributed by atoms with Crippen molar-refractivity contribution in [1.29, 1.82) is 0 Å². The van der Waals surface area contributed by atoms with E-state index in [0.717, 1.165) is 0 Å². The van der Waals surface area contributed by atoms with Crippen molar-refractivity contribution in [2.24, 2.45) is 0 Å². The minimum absolute atomic E-state index is 0.0160. The highest BCUT2D eigenvalue weighted by Crippen LogP contribution is 2.18. The Hall–Kier alpha value is -1.99. The van der Waals surface area contributed by atoms with Crippen molar-refractivity contribution >= 4 is 17.3 Å². The standard InChI is InChI=1S/C8H8F3N5/c9-8(10,11)4-14-6-7-13-1-2-16(7)3-5(12)15-6/h1-3H,4,12H2,(H,14,15). The van der Waals surface area contributed by atoms with E-state index in [1.165, 1.54) is 16.8 Å². The number of fused-ring (bicyclic) bond motifs is 1. The molecule has 0 unspecified atom stereocenters. The van der Waals surface area contributed by atoms with Gasteiger partial charge in [-0.25, -0.2) is 9.97 Å². The Bertz CT molecular complexity index is 504. The second-order valence-corrected chi connectivity index (χ2v) is 3.14. The Balaban J connectivity index is 2.32. The fraction of sp³-hybridized carbons (Fsp3) is 0.250. The van der Waals surface area contributed by atoms with Gasteiger partial charge in [0.25, 0.3) is 0 Å². The van der Waals surface area contributed by atoms with E-state index in [4.69, 9.17) is 5.73 Å². The summed E-state index contributed by atoms with van der Waals surface area (Å²) in [7, 11) is 0. The molecule has 0 fully saturated rings. The average molecular weight is 231 g/mol. The molecule has 0 aliphatic heterocycles. The molecule has 0 saturated carbocycles. The van der Waals surface area contributed by atoms with Crippen LogP contribution in [-0.4, -0.2) is 27.1 Å². The van der Waals surface area contributed by atoms with Crippen LogP contribution in [0.4, 0.5) is 24.8 Å². The fourth-order valence-corrected chi connectivity index (χ4v) is 1.25. The van der Waals surface area contributed by atoms with Crippen molar-refractivity contribution in [1.82, 2.24) is 14.4 Å². The number of alkyl halides is 3. The molecule has 86 valence electrons. The fourth-order valence-electron chi connectivity index (χ4n) is 1.25. The van der Waals surface area contributed by atoms with Gasteiger partial charge in [-0.3, -0.25) is 0 Å². The van der Waals surface area contributed by atoms with Crippen molar-refractivity contribution in [3.8, 4) is 0 Å². The summed E-state index contributed by atoms with van der Waals surface area (Å²) in [4.78, 5) is 7.64. The van der Waals surface area contributed by atoms with Crippen LogP contribution in [0.25, 0.3) is 5.65 Å². The number of nitrogen functional groups attached to an aromatic ring is 1. The Morgan fingerprint density at radius 2 is 2.19 bits per heavy atom. The molecule has 8 heteroatoms. The molecule has 5 nitrogen and oxygen atoms in total. The number of imidazole rings is 1. The second-order valence-electron chi connectivity index (χ2n) is 3.14. The maximum absolute atomic E-state index is 12.0. The lowest BCUT2D eigenvalue weighted by Crippen LogP contribution is -2.22. The first-order valence-corrected chi connectivity index (χ1v) is 4.35. The molecule has 0 bridgehead atoms. The highest BCUT2D eigenvalue weighted by atomic mass is 19.4. The summed E-state index contributed by atoms with van der Waals surface area (Å²) in [6.07, 6.45) is 0.193. The van der Waals surface area contributed by atoms with Crippen LogP contribution in [0.15, 0.2) is 18.6 Å². The maximum atomic E-state index is 12.0. The highest BCUT2D eigenvalue weighted by molar-refractivity contribution is 5.64. The van der Waals surface area contributed by atoms with Gasteiger partial charge in [0.15, 0.2) is 11.5 Å². The summed E-state index contributed by atoms with van der Waals surface area (Å²) < 4.78 is 37.6. The lowest BCUT2D eigenvalue weighted by Gasteiger charge is -2.09. The van der Waals surface area contributed by atoms with Crippen LogP contribution in [0.3, 0.4) is 0 Å². The molecule has 0 aliphatic rings. The number of nitrogens with one attached hydrogen (secondary N) is 1. The number of nitrogens with two attached hydrogens (primary N) is 1. The summed E-state index contributed by atoms with van der Waals surface area (Å²) in [6, 6.07) is 0. The van der Waals surface area contributed by atoms with E-state index in [2.05, 4.69) is 15.3 Å². The minimum Gasteiger partial charge on any atom is -0.382 e. The largest absolute Gasteiger partial charge is 0.405 e. The molecule has 0 spiro atoms. The molecular weight excluding hydrogens is 223 g/mol. The van der Waals surface area contributed by atoms with Gasteiger partial charge < -0.3 is 15.5 Å². The molecule has 0 radical (unpaired) electrons. The molecule has 16 heavy (non-hydrogen) atoms. The first-order chi connectivity index (χ1) is 7.46. The smallest absolute Gasteiger partial charge is 0.382 e. The second kappa shape index (κ2) is 3.54. The van der Waals surface area contributed by atoms with Gasteiger partial charge in [0, 0.05) is 12.4 Å². The highest BCUT2D eigenvalue weighted by Gasteiger charge is 2.27. The van der Waals surface area contributed by atoms with E-state index in [9.17, 15) is 13.2 Å². The van der Waals surface area contributed by atoms with Crippen LogP contribution >= 0.6 is 0 Å². The lowest BCUT2D eigenvalue weighted by molar-refractivity contribution is -0.115. The lowest BCUT2D eigenvalue weighted by atomic mass is 10.5. The van der Waals surface area contributed by atoms with Crippen LogP contribution in [-0.2, 0) is 0 Å². The number of halogens is 3. The van der Waals surface area contributed by atoms with Gasteiger partial charge in [-0.2, -0.15) is 13.2 Å². The van der Waals surface area contributed by atoms with Crippen LogP contribution in [0.2, 0.25) is 0 Å². The van der Waals surface area contributed by atoms with Crippen LogP contribution in [0, 0.1) is 0 Å². The predicted molar refractivity (Wildman–Crippen MR) is 51.9 cm³/mol. The molecular formula is C8H8F3N5. The number of hydrogen-bond acceptors (Lipinski definition) is 4. The molecule has 3 N–H and O–H groups in total. The predicted octanol–water partition coefficient (Wildman–Crippen LogP) is 1.29. The van der Waals surface area contributed by atoms with Gasteiger partial charge >= 0.3 is 6.18 Å². The summed E-state index contributed by atoms with van der Waals surface area (Å²) in [5.74, 6) is 0.137. The van der Waals surface area contributed by atoms with E-state index in [1.807, 2.05) is 0 Å². The number of nitrogens with zero attached hydrogens (tertiary/aromatic N) is 3. The van der Waals surface area contributed by atoms with Crippen molar-refractivity contribution < 1.29 is 13.2 Å². The molecule has 2 rings (SSSR count). The van der Waals surface area contributed by atoms with E-state index >= 15 is 0 Å². The van der Waals surface area contributed by atoms with E-state index in [1.54, 1.807) is 6.20 Å². The number of aromatic nitrogens is 3. The van der Waals surface area contributed by atoms with Crippen molar-refractivity contribution in [3.05, 3.63) is 18.6 Å². The normalized spacial score (nSPS) is 11.9. The molecule has 0 aliphatic carbocycles. The SMILES string of the molecule is Nc1cn2ccnc2c(NCC(F)(F)F)n1. The number of rotatable bonds is 2. The van der Waals surface area contributed by atoms with Crippen LogP contribution in [0.1, 0.15) is 0 Å². The molecule has 0 saturated heterocycles. The summed E-state index contributed by atoms with van der Waals surface area (Å²) in [5.41, 5.74) is 5.75. The number of anilines is 2. The molecule has 0 atom stereocenters. The van der Waals surface area contributed by atoms with Gasteiger partial charge in [0.1, 0.15) is 12.4 Å². The van der Waals surface area contributed by atoms with E-state index in [0.29, 0.717) is 5.65 Å². The summed E-state index contributed by atoms with van der Waals surface area (Å²) in [5, 5.41) is 2.16. The first kappa shape index (κ1) is 10.5. The van der Waals surface area contributed by atoms with Crippen molar-refractivity contribution in [2.75, 3.05) is 17.6 Å². The molecule has 0 amide bonds. The zero-order valence-corrected chi connectivity index (χ0v) is 7.99. The Morgan fingerprint density at radius 3 is 2.88 bits per heavy atom. The Kier molecular flexibility index (Phi) is 2.33. The van der Waals surface area contributed by atoms with Crippen LogP contribution < -0.4 is 11.1 Å². The third-order valence-corrected chi connectivity index (χ3v) is 1.85. The zero-order valence-electron chi connectivity index (χ0n) is 7.99. The first-order valence-electron chi connectivity index (χ1n) is 4.35. The molecule has 2 heterocycles. The van der Waals surface area contributed by atoms with E-state index < -0.39 is 12.7 Å².